The summed E-state index contributed by atoms with van der Waals surface area (Å²) in [6.45, 7) is 6.63. The summed E-state index contributed by atoms with van der Waals surface area (Å²) in [5, 5.41) is 14.6. The Morgan fingerprint density at radius 3 is 2.68 bits per heavy atom. The summed E-state index contributed by atoms with van der Waals surface area (Å²) in [7, 11) is 4.03. The van der Waals surface area contributed by atoms with E-state index in [4.69, 9.17) is 14.2 Å². The maximum Gasteiger partial charge on any atom is 0.324 e. The minimum Gasteiger partial charge on any atom is -0.504 e. The second kappa shape index (κ2) is 8.97. The minimum atomic E-state index is -0.588. The SMILES string of the molecule is CO[C@@]12CC[C@@H](N[C@@H](Cc3ccccc3)C(=O)OC(C)(C)C)[C@@H]3Oc4c(O)ccc5c4[C@@]31CCN(C)[C@@H]2C5. The van der Waals surface area contributed by atoms with Crippen LogP contribution in [0.5, 0.6) is 11.5 Å². The Morgan fingerprint density at radius 1 is 1.21 bits per heavy atom. The number of phenolic OH excluding ortho intramolecular Hbond substituents is 1. The number of phenols is 1. The Bertz CT molecular complexity index is 1230. The first-order valence-corrected chi connectivity index (χ1v) is 13.9. The van der Waals surface area contributed by atoms with E-state index in [1.54, 1.807) is 6.07 Å². The average molecular weight is 521 g/mol. The number of piperidine rings is 1. The van der Waals surface area contributed by atoms with Gasteiger partial charge in [0.15, 0.2) is 11.5 Å². The van der Waals surface area contributed by atoms with Crippen molar-refractivity contribution in [3.05, 3.63) is 59.2 Å². The highest BCUT2D eigenvalue weighted by Gasteiger charge is 2.73. The van der Waals surface area contributed by atoms with Gasteiger partial charge in [0.25, 0.3) is 0 Å². The molecule has 2 N–H and O–H groups in total. The van der Waals surface area contributed by atoms with E-state index < -0.39 is 22.7 Å². The van der Waals surface area contributed by atoms with Crippen LogP contribution in [0.2, 0.25) is 0 Å². The van der Waals surface area contributed by atoms with Gasteiger partial charge in [-0.15, -0.1) is 0 Å². The van der Waals surface area contributed by atoms with Crippen molar-refractivity contribution < 1.29 is 24.1 Å². The zero-order chi connectivity index (χ0) is 26.9. The molecule has 0 aromatic heterocycles. The standard InChI is InChI=1S/C31H40N2O5/c1-29(2,3)38-28(35)22(17-19-9-7-6-8-10-19)32-21-13-14-31(36-5)24-18-20-11-12-23(34)26-25(20)30(31,27(21)37-26)15-16-33(24)4/h6-12,21-22,24,27,32,34H,13-18H2,1-5H3/t21-,22+,24-,27+,30+,31-/m1/s1. The number of ether oxygens (including phenoxy) is 3. The molecule has 2 aromatic carbocycles. The van der Waals surface area contributed by atoms with E-state index in [0.717, 1.165) is 43.4 Å². The van der Waals surface area contributed by atoms with Gasteiger partial charge in [0, 0.05) is 24.8 Å². The van der Waals surface area contributed by atoms with Crippen LogP contribution < -0.4 is 10.1 Å². The van der Waals surface area contributed by atoms with Crippen molar-refractivity contribution in [1.82, 2.24) is 10.2 Å². The van der Waals surface area contributed by atoms with Gasteiger partial charge in [-0.2, -0.15) is 0 Å². The summed E-state index contributed by atoms with van der Waals surface area (Å²) >= 11 is 0. The van der Waals surface area contributed by atoms with Crippen LogP contribution in [0.25, 0.3) is 0 Å². The molecule has 2 bridgehead atoms. The maximum absolute atomic E-state index is 13.5. The average Bonchev–Trinajstić information content (AvgIpc) is 3.24. The number of methoxy groups -OCH3 is 1. The first kappa shape index (κ1) is 25.7. The molecule has 2 aliphatic carbocycles. The molecule has 2 aliphatic heterocycles. The highest BCUT2D eigenvalue weighted by atomic mass is 16.6. The number of likely N-dealkylation sites (N-methyl/N-ethyl adjacent to an activating group) is 1. The molecule has 2 aromatic rings. The van der Waals surface area contributed by atoms with Gasteiger partial charge in [-0.05, 0) is 83.7 Å². The molecule has 2 fully saturated rings. The Labute approximate surface area is 225 Å². The van der Waals surface area contributed by atoms with E-state index in [1.807, 2.05) is 58.2 Å². The van der Waals surface area contributed by atoms with E-state index in [1.165, 1.54) is 5.56 Å². The van der Waals surface area contributed by atoms with E-state index >= 15 is 0 Å². The highest BCUT2D eigenvalue weighted by Crippen LogP contribution is 2.66. The largest absolute Gasteiger partial charge is 0.504 e. The first-order chi connectivity index (χ1) is 18.1. The Morgan fingerprint density at radius 2 is 1.97 bits per heavy atom. The molecule has 38 heavy (non-hydrogen) atoms. The van der Waals surface area contributed by atoms with Crippen molar-refractivity contribution >= 4 is 5.97 Å². The molecule has 7 heteroatoms. The molecular weight excluding hydrogens is 480 g/mol. The quantitative estimate of drug-likeness (QED) is 0.562. The lowest BCUT2D eigenvalue weighted by atomic mass is 9.48. The first-order valence-electron chi connectivity index (χ1n) is 13.9. The van der Waals surface area contributed by atoms with Gasteiger partial charge in [-0.1, -0.05) is 36.4 Å². The summed E-state index contributed by atoms with van der Waals surface area (Å²) < 4.78 is 19.2. The molecule has 1 spiro atoms. The Hall–Kier alpha value is -2.61. The van der Waals surface area contributed by atoms with Gasteiger partial charge in [0.2, 0.25) is 0 Å². The number of carbonyl (C=O) groups excluding carboxylic acids is 1. The lowest BCUT2D eigenvalue weighted by Crippen LogP contribution is -2.78. The summed E-state index contributed by atoms with van der Waals surface area (Å²) in [6, 6.07) is 13.5. The zero-order valence-corrected chi connectivity index (χ0v) is 23.1. The number of likely N-dealkylation sites (tertiary alicyclic amines) is 1. The third-order valence-electron chi connectivity index (χ3n) is 9.44. The van der Waals surface area contributed by atoms with Crippen molar-refractivity contribution in [2.24, 2.45) is 0 Å². The number of aromatic hydroxyl groups is 1. The third kappa shape index (κ3) is 3.69. The Kier molecular flexibility index (Phi) is 6.05. The molecule has 1 saturated heterocycles. The molecule has 0 unspecified atom stereocenters. The van der Waals surface area contributed by atoms with Gasteiger partial charge in [-0.3, -0.25) is 10.1 Å². The van der Waals surface area contributed by atoms with Crippen molar-refractivity contribution in [3.8, 4) is 11.5 Å². The van der Waals surface area contributed by atoms with Crippen molar-refractivity contribution in [2.45, 2.75) is 93.7 Å². The van der Waals surface area contributed by atoms with Gasteiger partial charge in [-0.25, -0.2) is 0 Å². The van der Waals surface area contributed by atoms with Crippen LogP contribution in [-0.2, 0) is 32.5 Å². The smallest absolute Gasteiger partial charge is 0.324 e. The zero-order valence-electron chi connectivity index (χ0n) is 23.1. The monoisotopic (exact) mass is 520 g/mol. The van der Waals surface area contributed by atoms with Crippen LogP contribution in [0.15, 0.2) is 42.5 Å². The fourth-order valence-corrected chi connectivity index (χ4v) is 8.00. The van der Waals surface area contributed by atoms with Crippen LogP contribution in [0.3, 0.4) is 0 Å². The molecule has 0 radical (unpaired) electrons. The van der Waals surface area contributed by atoms with Crippen molar-refractivity contribution in [2.75, 3.05) is 20.7 Å². The topological polar surface area (TPSA) is 80.3 Å². The molecule has 2 heterocycles. The van der Waals surface area contributed by atoms with Crippen LogP contribution in [0.1, 0.15) is 56.7 Å². The summed E-state index contributed by atoms with van der Waals surface area (Å²) in [5.74, 6) is 0.524. The molecule has 7 nitrogen and oxygen atoms in total. The number of hydrogen-bond acceptors (Lipinski definition) is 7. The van der Waals surface area contributed by atoms with Crippen LogP contribution in [-0.4, -0.2) is 72.1 Å². The predicted molar refractivity (Wildman–Crippen MR) is 145 cm³/mol. The number of rotatable bonds is 6. The molecular formula is C31H40N2O5. The number of esters is 1. The molecule has 6 atom stereocenters. The van der Waals surface area contributed by atoms with Crippen LogP contribution >= 0.6 is 0 Å². The van der Waals surface area contributed by atoms with Gasteiger partial charge in [0.05, 0.1) is 11.0 Å². The summed E-state index contributed by atoms with van der Waals surface area (Å²) in [5.41, 5.74) is 2.02. The number of nitrogens with zero attached hydrogens (tertiary/aromatic N) is 1. The molecule has 4 aliphatic rings. The van der Waals surface area contributed by atoms with E-state index in [-0.39, 0.29) is 29.9 Å². The Balaban J connectivity index is 1.40. The van der Waals surface area contributed by atoms with E-state index in [9.17, 15) is 9.90 Å². The second-order valence-electron chi connectivity index (χ2n) is 12.6. The van der Waals surface area contributed by atoms with Crippen LogP contribution in [0, 0.1) is 0 Å². The molecule has 204 valence electrons. The normalized spacial score (nSPS) is 32.3. The third-order valence-corrected chi connectivity index (χ3v) is 9.44. The summed E-state index contributed by atoms with van der Waals surface area (Å²) in [6.07, 6.45) is 3.64. The minimum absolute atomic E-state index is 0.110. The van der Waals surface area contributed by atoms with Crippen molar-refractivity contribution in [3.63, 3.8) is 0 Å². The highest BCUT2D eigenvalue weighted by molar-refractivity contribution is 5.77. The number of benzene rings is 2. The second-order valence-corrected chi connectivity index (χ2v) is 12.6. The summed E-state index contributed by atoms with van der Waals surface area (Å²) in [4.78, 5) is 15.9. The predicted octanol–water partition coefficient (Wildman–Crippen LogP) is 3.74. The van der Waals surface area contributed by atoms with E-state index in [0.29, 0.717) is 12.2 Å². The van der Waals surface area contributed by atoms with Crippen molar-refractivity contribution in [1.29, 1.82) is 0 Å². The fraction of sp³-hybridized carbons (Fsp3) is 0.581. The maximum atomic E-state index is 13.5. The van der Waals surface area contributed by atoms with E-state index in [2.05, 4.69) is 23.3 Å². The lowest BCUT2D eigenvalue weighted by molar-refractivity contribution is -0.204. The van der Waals surface area contributed by atoms with Gasteiger partial charge >= 0.3 is 5.97 Å². The molecule has 6 rings (SSSR count). The number of nitrogens with one attached hydrogen (secondary N) is 1. The van der Waals surface area contributed by atoms with Crippen LogP contribution in [0.4, 0.5) is 0 Å². The number of carbonyl (C=O) groups is 1. The van der Waals surface area contributed by atoms with Gasteiger partial charge < -0.3 is 24.2 Å². The lowest BCUT2D eigenvalue weighted by Gasteiger charge is -2.65. The molecule has 0 amide bonds. The fourth-order valence-electron chi connectivity index (χ4n) is 8.00. The number of hydrogen-bond donors (Lipinski definition) is 2. The van der Waals surface area contributed by atoms with Gasteiger partial charge in [0.1, 0.15) is 17.7 Å². The molecule has 1 saturated carbocycles.